The Bertz CT molecular complexity index is 1710. The van der Waals surface area contributed by atoms with Gasteiger partial charge in [-0.2, -0.15) is 18.2 Å². The summed E-state index contributed by atoms with van der Waals surface area (Å²) in [6.45, 7) is 2.35. The summed E-state index contributed by atoms with van der Waals surface area (Å²) >= 11 is 0. The number of rotatable bonds is 7. The molecule has 4 heterocycles. The molecule has 0 aliphatic carbocycles. The lowest BCUT2D eigenvalue weighted by atomic mass is 10.0. The largest absolute Gasteiger partial charge is 0.477 e. The fourth-order valence-electron chi connectivity index (χ4n) is 5.91. The molecule has 0 spiro atoms. The van der Waals surface area contributed by atoms with Crippen LogP contribution in [0.25, 0.3) is 28.0 Å². The number of nitrogens with zero attached hydrogens (tertiary/aromatic N) is 4. The number of benzene rings is 2. The Morgan fingerprint density at radius 1 is 1.10 bits per heavy atom. The number of hydrogen-bond acceptors (Lipinski definition) is 7. The Morgan fingerprint density at radius 3 is 2.60 bits per heavy atom. The molecule has 42 heavy (non-hydrogen) atoms. The first-order valence-corrected chi connectivity index (χ1v) is 13.8. The molecule has 1 unspecified atom stereocenters. The minimum atomic E-state index is -4.63. The summed E-state index contributed by atoms with van der Waals surface area (Å²) in [6, 6.07) is 10.6. The predicted molar refractivity (Wildman–Crippen MR) is 151 cm³/mol. The van der Waals surface area contributed by atoms with Crippen molar-refractivity contribution in [1.29, 1.82) is 0 Å². The number of halogens is 3. The van der Waals surface area contributed by atoms with Crippen LogP contribution in [0.3, 0.4) is 0 Å². The lowest BCUT2D eigenvalue weighted by Crippen LogP contribution is -2.32. The highest BCUT2D eigenvalue weighted by atomic mass is 19.4. The number of hydrogen-bond donors (Lipinski definition) is 1. The van der Waals surface area contributed by atoms with E-state index in [4.69, 9.17) is 9.15 Å². The van der Waals surface area contributed by atoms with E-state index < -0.39 is 28.7 Å². The fourth-order valence-corrected chi connectivity index (χ4v) is 5.91. The van der Waals surface area contributed by atoms with Crippen molar-refractivity contribution in [3.05, 3.63) is 70.0 Å². The van der Waals surface area contributed by atoms with Crippen molar-refractivity contribution in [2.75, 3.05) is 43.2 Å². The summed E-state index contributed by atoms with van der Waals surface area (Å²) in [7, 11) is 1.64. The molecule has 9 nitrogen and oxygen atoms in total. The van der Waals surface area contributed by atoms with Crippen LogP contribution in [0.2, 0.25) is 0 Å². The molecule has 4 aromatic rings. The van der Waals surface area contributed by atoms with E-state index in [1.807, 2.05) is 4.90 Å². The summed E-state index contributed by atoms with van der Waals surface area (Å²) in [5.74, 6) is -1.44. The Balaban J connectivity index is 1.48. The van der Waals surface area contributed by atoms with Crippen molar-refractivity contribution in [1.82, 2.24) is 9.55 Å². The number of methoxy groups -OCH3 is 1. The molecule has 220 valence electrons. The number of fused-ring (bicyclic) bond motifs is 1. The highest BCUT2D eigenvalue weighted by Crippen LogP contribution is 2.40. The normalized spacial score (nSPS) is 17.5. The molecule has 2 fully saturated rings. The summed E-state index contributed by atoms with van der Waals surface area (Å²) in [4.78, 5) is 33.0. The number of carbonyl (C=O) groups is 1. The van der Waals surface area contributed by atoms with Crippen LogP contribution in [-0.4, -0.2) is 60.0 Å². The van der Waals surface area contributed by atoms with Crippen LogP contribution in [0.1, 0.15) is 41.6 Å². The number of pyridine rings is 1. The van der Waals surface area contributed by atoms with E-state index in [-0.39, 0.29) is 23.0 Å². The van der Waals surface area contributed by atoms with Crippen LogP contribution < -0.4 is 15.2 Å². The summed E-state index contributed by atoms with van der Waals surface area (Å²) in [6.07, 6.45) is 0.0263. The highest BCUT2D eigenvalue weighted by molar-refractivity contribution is 5.88. The summed E-state index contributed by atoms with van der Waals surface area (Å²) in [5.41, 5.74) is -0.443. The standard InChI is InChI=1S/C30H29F3N4O5/c1-41-17-20-5-4-12-36(20)29-34-23-8-7-19(14-27(23)42-29)37-16-21(28(39)40)26(38)15-25(37)18-6-9-24(35-10-2-3-11-35)22(13-18)30(31,32)33/h6-9,13-16,20H,2-5,10-12,17H2,1H3,(H,39,40). The van der Waals surface area contributed by atoms with E-state index in [0.717, 1.165) is 50.6 Å². The first-order chi connectivity index (χ1) is 20.1. The molecular formula is C30H29F3N4O5. The molecule has 0 bridgehead atoms. The Hall–Kier alpha value is -4.32. The third kappa shape index (κ3) is 5.11. The van der Waals surface area contributed by atoms with Gasteiger partial charge in [0.2, 0.25) is 0 Å². The number of alkyl halides is 3. The zero-order valence-corrected chi connectivity index (χ0v) is 22.9. The quantitative estimate of drug-likeness (QED) is 0.302. The minimum absolute atomic E-state index is 0.0871. The van der Waals surface area contributed by atoms with Gasteiger partial charge in [0, 0.05) is 56.4 Å². The Labute approximate surface area is 238 Å². The monoisotopic (exact) mass is 582 g/mol. The molecule has 1 atom stereocenters. The molecule has 0 amide bonds. The molecule has 2 aliphatic heterocycles. The topological polar surface area (TPSA) is 101 Å². The van der Waals surface area contributed by atoms with Gasteiger partial charge in [-0.05, 0) is 55.5 Å². The number of ether oxygens (including phenoxy) is 1. The smallest absolute Gasteiger partial charge is 0.418 e. The van der Waals surface area contributed by atoms with E-state index in [0.29, 0.717) is 42.5 Å². The van der Waals surface area contributed by atoms with Gasteiger partial charge in [0.15, 0.2) is 11.0 Å². The van der Waals surface area contributed by atoms with Crippen molar-refractivity contribution in [3.8, 4) is 16.9 Å². The zero-order chi connectivity index (χ0) is 29.6. The number of carboxylic acid groups (broad SMARTS) is 1. The second kappa shape index (κ2) is 10.8. The van der Waals surface area contributed by atoms with E-state index in [1.165, 1.54) is 16.7 Å². The van der Waals surface area contributed by atoms with Gasteiger partial charge >= 0.3 is 12.1 Å². The number of aromatic nitrogens is 2. The van der Waals surface area contributed by atoms with Crippen molar-refractivity contribution in [2.45, 2.75) is 37.9 Å². The van der Waals surface area contributed by atoms with Gasteiger partial charge in [-0.1, -0.05) is 6.07 Å². The van der Waals surface area contributed by atoms with E-state index in [9.17, 15) is 27.9 Å². The fraction of sp³-hybridized carbons (Fsp3) is 0.367. The predicted octanol–water partition coefficient (Wildman–Crippen LogP) is 5.58. The maximum Gasteiger partial charge on any atom is 0.418 e. The van der Waals surface area contributed by atoms with E-state index in [2.05, 4.69) is 4.98 Å². The summed E-state index contributed by atoms with van der Waals surface area (Å²) in [5, 5.41) is 9.66. The van der Waals surface area contributed by atoms with E-state index >= 15 is 0 Å². The van der Waals surface area contributed by atoms with Gasteiger partial charge in [-0.25, -0.2) is 4.79 Å². The third-order valence-electron chi connectivity index (χ3n) is 7.95. The molecule has 2 aromatic carbocycles. The molecule has 1 N–H and O–H groups in total. The molecule has 0 radical (unpaired) electrons. The lowest BCUT2D eigenvalue weighted by Gasteiger charge is -2.24. The number of anilines is 2. The third-order valence-corrected chi connectivity index (χ3v) is 7.95. The zero-order valence-electron chi connectivity index (χ0n) is 22.9. The average molecular weight is 583 g/mol. The SMILES string of the molecule is COCC1CCCN1c1nc2ccc(-n3cc(C(=O)O)c(=O)cc3-c3ccc(N4CCCC4)c(C(F)(F)F)c3)cc2o1. The molecule has 2 aliphatic rings. The van der Waals surface area contributed by atoms with Crippen LogP contribution in [-0.2, 0) is 10.9 Å². The lowest BCUT2D eigenvalue weighted by molar-refractivity contribution is -0.137. The molecule has 0 saturated carbocycles. The van der Waals surface area contributed by atoms with E-state index in [1.54, 1.807) is 30.2 Å². The van der Waals surface area contributed by atoms with Gasteiger partial charge in [-0.3, -0.25) is 4.79 Å². The second-order valence-electron chi connectivity index (χ2n) is 10.6. The van der Waals surface area contributed by atoms with Crippen LogP contribution in [0.15, 0.2) is 57.9 Å². The maximum absolute atomic E-state index is 14.2. The van der Waals surface area contributed by atoms with Crippen LogP contribution >= 0.6 is 0 Å². The number of aromatic carboxylic acids is 1. The second-order valence-corrected chi connectivity index (χ2v) is 10.6. The molecule has 12 heteroatoms. The average Bonchev–Trinajstić information content (AvgIpc) is 3.73. The Kier molecular flexibility index (Phi) is 7.17. The number of oxazole rings is 1. The van der Waals surface area contributed by atoms with Gasteiger partial charge in [0.1, 0.15) is 11.1 Å². The Morgan fingerprint density at radius 2 is 1.88 bits per heavy atom. The van der Waals surface area contributed by atoms with Crippen molar-refractivity contribution in [3.63, 3.8) is 0 Å². The molecule has 2 saturated heterocycles. The van der Waals surface area contributed by atoms with Gasteiger partial charge in [0.05, 0.1) is 23.9 Å². The van der Waals surface area contributed by atoms with Gasteiger partial charge in [-0.15, -0.1) is 0 Å². The van der Waals surface area contributed by atoms with Crippen molar-refractivity contribution < 1.29 is 32.2 Å². The summed E-state index contributed by atoms with van der Waals surface area (Å²) < 4.78 is 55.6. The van der Waals surface area contributed by atoms with Crippen molar-refractivity contribution in [2.24, 2.45) is 0 Å². The molecule has 6 rings (SSSR count). The highest BCUT2D eigenvalue weighted by Gasteiger charge is 2.36. The van der Waals surface area contributed by atoms with Crippen LogP contribution in [0.4, 0.5) is 24.9 Å². The first-order valence-electron chi connectivity index (χ1n) is 13.8. The van der Waals surface area contributed by atoms with Gasteiger partial charge < -0.3 is 28.6 Å². The van der Waals surface area contributed by atoms with Crippen LogP contribution in [0, 0.1) is 0 Å². The van der Waals surface area contributed by atoms with Crippen molar-refractivity contribution >= 4 is 28.8 Å². The minimum Gasteiger partial charge on any atom is -0.477 e. The maximum atomic E-state index is 14.2. The number of carboxylic acids is 1. The van der Waals surface area contributed by atoms with Gasteiger partial charge in [0.25, 0.3) is 6.01 Å². The molecular weight excluding hydrogens is 553 g/mol. The van der Waals surface area contributed by atoms with Crippen LogP contribution in [0.5, 0.6) is 0 Å². The molecule has 2 aromatic heterocycles. The first kappa shape index (κ1) is 27.8.